The van der Waals surface area contributed by atoms with E-state index in [1.807, 2.05) is 0 Å². The summed E-state index contributed by atoms with van der Waals surface area (Å²) in [4.78, 5) is 27.5. The summed E-state index contributed by atoms with van der Waals surface area (Å²) in [5.41, 5.74) is 9.07. The molecule has 1 saturated heterocycles. The van der Waals surface area contributed by atoms with Gasteiger partial charge < -0.3 is 19.7 Å². The van der Waals surface area contributed by atoms with Crippen LogP contribution in [0, 0.1) is 25.5 Å². The number of likely N-dealkylation sites (tertiary alicyclic amines) is 1. The molecule has 2 aromatic heterocycles. The molecular formula is C30H25F3N4O3. The van der Waals surface area contributed by atoms with Crippen molar-refractivity contribution in [3.8, 4) is 11.1 Å². The van der Waals surface area contributed by atoms with Crippen LogP contribution in [0.2, 0.25) is 0 Å². The van der Waals surface area contributed by atoms with Crippen LogP contribution in [0.15, 0.2) is 53.1 Å². The number of nitrogens with zero attached hydrogens (tertiary/aromatic N) is 3. The number of fused-ring (bicyclic) bond motifs is 3. The monoisotopic (exact) mass is 546 g/mol. The minimum atomic E-state index is -1.07. The summed E-state index contributed by atoms with van der Waals surface area (Å²) in [6.07, 6.45) is -0.799. The van der Waals surface area contributed by atoms with Gasteiger partial charge in [0.15, 0.2) is 0 Å². The Morgan fingerprint density at radius 1 is 1.07 bits per heavy atom. The Bertz CT molecular complexity index is 1800. The van der Waals surface area contributed by atoms with Crippen LogP contribution in [0.3, 0.4) is 0 Å². The van der Waals surface area contributed by atoms with Gasteiger partial charge in [0.1, 0.15) is 23.6 Å². The molecule has 3 aromatic carbocycles. The molecule has 1 atom stereocenters. The number of carbonyl (C=O) groups is 2. The minimum Gasteiger partial charge on any atom is -0.366 e. The number of amides is 2. The van der Waals surface area contributed by atoms with Crippen LogP contribution in [0.25, 0.3) is 32.9 Å². The van der Waals surface area contributed by atoms with E-state index >= 15 is 0 Å². The Hall–Kier alpha value is -4.60. The molecule has 2 amide bonds. The number of aromatic nitrogens is 2. The van der Waals surface area contributed by atoms with E-state index in [0.29, 0.717) is 56.5 Å². The van der Waals surface area contributed by atoms with Crippen molar-refractivity contribution in [1.29, 1.82) is 0 Å². The topological polar surface area (TPSA) is 94.4 Å². The van der Waals surface area contributed by atoms with Crippen LogP contribution in [0.1, 0.15) is 44.2 Å². The van der Waals surface area contributed by atoms with Gasteiger partial charge in [0.25, 0.3) is 5.91 Å². The highest BCUT2D eigenvalue weighted by Crippen LogP contribution is 2.38. The Balaban J connectivity index is 1.65. The molecule has 40 heavy (non-hydrogen) atoms. The van der Waals surface area contributed by atoms with Crippen LogP contribution < -0.4 is 5.73 Å². The molecule has 1 aliphatic heterocycles. The zero-order valence-corrected chi connectivity index (χ0v) is 21.8. The second-order valence-corrected chi connectivity index (χ2v) is 10.1. The Morgan fingerprint density at radius 2 is 1.82 bits per heavy atom. The number of rotatable bonds is 5. The molecule has 3 heterocycles. The summed E-state index contributed by atoms with van der Waals surface area (Å²) in [5.74, 6) is -1.95. The molecule has 7 nitrogen and oxygen atoms in total. The third-order valence-corrected chi connectivity index (χ3v) is 7.60. The van der Waals surface area contributed by atoms with E-state index in [0.717, 1.165) is 0 Å². The average molecular weight is 547 g/mol. The second-order valence-electron chi connectivity index (χ2n) is 10.1. The van der Waals surface area contributed by atoms with Gasteiger partial charge in [0.2, 0.25) is 5.91 Å². The molecule has 0 aliphatic carbocycles. The zero-order valence-electron chi connectivity index (χ0n) is 21.8. The predicted octanol–water partition coefficient (Wildman–Crippen LogP) is 5.68. The van der Waals surface area contributed by atoms with E-state index in [-0.39, 0.29) is 36.5 Å². The van der Waals surface area contributed by atoms with E-state index < -0.39 is 23.7 Å². The molecule has 0 saturated carbocycles. The van der Waals surface area contributed by atoms with E-state index in [1.54, 1.807) is 48.7 Å². The summed E-state index contributed by atoms with van der Waals surface area (Å²) in [7, 11) is 0. The predicted molar refractivity (Wildman–Crippen MR) is 144 cm³/mol. The highest BCUT2D eigenvalue weighted by molar-refractivity contribution is 6.20. The Morgan fingerprint density at radius 3 is 2.45 bits per heavy atom. The molecule has 0 radical (unpaired) electrons. The van der Waals surface area contributed by atoms with Gasteiger partial charge in [-0.2, -0.15) is 0 Å². The van der Waals surface area contributed by atoms with E-state index in [1.165, 1.54) is 23.1 Å². The molecule has 0 bridgehead atoms. The lowest BCUT2D eigenvalue weighted by molar-refractivity contribution is 0.0782. The first-order valence-corrected chi connectivity index (χ1v) is 12.8. The standard InChI is InChI=1S/C30H25F3N4O3/c1-15-27(16(2)40-35-15)18-11-21(29(34)38)28-20-10-17(30(39)36-9-8-19(31)13-36)6-7-25(20)37(26(28)12-18)14-22-23(32)4-3-5-24(22)33/h3-7,10-12,19H,8-9,13-14H2,1-2H3,(H2,34,38). The van der Waals surface area contributed by atoms with Crippen LogP contribution in [0.4, 0.5) is 13.2 Å². The molecule has 204 valence electrons. The van der Waals surface area contributed by atoms with Gasteiger partial charge in [-0.25, -0.2) is 13.2 Å². The number of primary amides is 1. The SMILES string of the molecule is Cc1noc(C)c1-c1cc(C(N)=O)c2c3cc(C(=O)N4CCC(F)C4)ccc3n(Cc3c(F)cccc3F)c2c1. The fraction of sp³-hybridized carbons (Fsp3) is 0.233. The summed E-state index contributed by atoms with van der Waals surface area (Å²) < 4.78 is 50.5. The maximum absolute atomic E-state index is 14.8. The van der Waals surface area contributed by atoms with Crippen molar-refractivity contribution in [2.75, 3.05) is 13.1 Å². The molecule has 1 unspecified atom stereocenters. The van der Waals surface area contributed by atoms with Crippen LogP contribution in [-0.2, 0) is 6.54 Å². The molecular weight excluding hydrogens is 521 g/mol. The van der Waals surface area contributed by atoms with Crippen LogP contribution in [-0.4, -0.2) is 45.7 Å². The summed E-state index contributed by atoms with van der Waals surface area (Å²) in [6.45, 7) is 3.64. The first-order chi connectivity index (χ1) is 19.1. The molecule has 1 fully saturated rings. The van der Waals surface area contributed by atoms with Crippen molar-refractivity contribution < 1.29 is 27.3 Å². The normalized spacial score (nSPS) is 15.4. The maximum Gasteiger partial charge on any atom is 0.253 e. The minimum absolute atomic E-state index is 0.0124. The fourth-order valence-corrected chi connectivity index (χ4v) is 5.69. The molecule has 10 heteroatoms. The number of nitrogens with two attached hydrogens (primary N) is 1. The number of halogens is 3. The number of carbonyl (C=O) groups excluding carboxylic acids is 2. The highest BCUT2D eigenvalue weighted by atomic mass is 19.1. The van der Waals surface area contributed by atoms with Crippen molar-refractivity contribution >= 4 is 33.6 Å². The third kappa shape index (κ3) is 4.11. The highest BCUT2D eigenvalue weighted by Gasteiger charge is 2.28. The maximum atomic E-state index is 14.8. The lowest BCUT2D eigenvalue weighted by Gasteiger charge is -2.15. The van der Waals surface area contributed by atoms with Gasteiger partial charge in [0, 0.05) is 45.1 Å². The largest absolute Gasteiger partial charge is 0.366 e. The number of aryl methyl sites for hydroxylation is 2. The van der Waals surface area contributed by atoms with Crippen molar-refractivity contribution in [2.45, 2.75) is 33.0 Å². The quantitative estimate of drug-likeness (QED) is 0.307. The Kier molecular flexibility index (Phi) is 6.13. The third-order valence-electron chi connectivity index (χ3n) is 7.60. The number of hydrogen-bond donors (Lipinski definition) is 1. The van der Waals surface area contributed by atoms with Gasteiger partial charge in [-0.05, 0) is 68.3 Å². The van der Waals surface area contributed by atoms with Gasteiger partial charge in [-0.3, -0.25) is 9.59 Å². The summed E-state index contributed by atoms with van der Waals surface area (Å²) in [6, 6.07) is 12.0. The summed E-state index contributed by atoms with van der Waals surface area (Å²) in [5, 5.41) is 4.96. The first kappa shape index (κ1) is 25.7. The van der Waals surface area contributed by atoms with Gasteiger partial charge in [-0.1, -0.05) is 11.2 Å². The van der Waals surface area contributed by atoms with Gasteiger partial charge in [0.05, 0.1) is 24.3 Å². The smallest absolute Gasteiger partial charge is 0.253 e. The van der Waals surface area contributed by atoms with Crippen LogP contribution >= 0.6 is 0 Å². The second kappa shape index (κ2) is 9.55. The number of alkyl halides is 1. The lowest BCUT2D eigenvalue weighted by atomic mass is 9.97. The fourth-order valence-electron chi connectivity index (χ4n) is 5.69. The van der Waals surface area contributed by atoms with Gasteiger partial charge in [-0.15, -0.1) is 0 Å². The van der Waals surface area contributed by atoms with Gasteiger partial charge >= 0.3 is 0 Å². The molecule has 0 spiro atoms. The van der Waals surface area contributed by atoms with E-state index in [4.69, 9.17) is 10.3 Å². The zero-order chi connectivity index (χ0) is 28.3. The molecule has 6 rings (SSSR count). The number of hydrogen-bond acceptors (Lipinski definition) is 4. The van der Waals surface area contributed by atoms with Crippen molar-refractivity contribution in [1.82, 2.24) is 14.6 Å². The molecule has 2 N–H and O–H groups in total. The average Bonchev–Trinajstić information content (AvgIpc) is 3.60. The summed E-state index contributed by atoms with van der Waals surface area (Å²) >= 11 is 0. The molecule has 5 aromatic rings. The Labute approximate surface area is 226 Å². The lowest BCUT2D eigenvalue weighted by Crippen LogP contribution is -2.28. The molecule has 1 aliphatic rings. The van der Waals surface area contributed by atoms with Crippen molar-refractivity contribution in [3.05, 3.63) is 88.3 Å². The van der Waals surface area contributed by atoms with Crippen LogP contribution in [0.5, 0.6) is 0 Å². The van der Waals surface area contributed by atoms with E-state index in [2.05, 4.69) is 5.16 Å². The van der Waals surface area contributed by atoms with Crippen molar-refractivity contribution in [2.24, 2.45) is 5.73 Å². The van der Waals surface area contributed by atoms with E-state index in [9.17, 15) is 22.8 Å². The van der Waals surface area contributed by atoms with Crippen molar-refractivity contribution in [3.63, 3.8) is 0 Å². The number of benzene rings is 3. The first-order valence-electron chi connectivity index (χ1n) is 12.8.